The quantitative estimate of drug-likeness (QED) is 0.160. The number of hydrogen-bond acceptors (Lipinski definition) is 5. The molecule has 3 aromatic carbocycles. The van der Waals surface area contributed by atoms with Crippen LogP contribution in [0.5, 0.6) is 5.75 Å². The molecule has 174 valence electrons. The van der Waals surface area contributed by atoms with Gasteiger partial charge in [-0.25, -0.2) is 0 Å². The zero-order valence-electron chi connectivity index (χ0n) is 17.8. The number of halogens is 2. The fraction of sp³-hybridized carbons (Fsp3) is 0.0435. The van der Waals surface area contributed by atoms with E-state index < -0.39 is 0 Å². The van der Waals surface area contributed by atoms with Crippen molar-refractivity contribution in [3.05, 3.63) is 87.4 Å². The molecule has 0 aliphatic rings. The first-order valence-electron chi connectivity index (χ1n) is 9.86. The minimum Gasteiger partial charge on any atom is -0.507 e. The van der Waals surface area contributed by atoms with Crippen molar-refractivity contribution in [2.24, 2.45) is 10.2 Å². The van der Waals surface area contributed by atoms with Crippen molar-refractivity contribution < 1.29 is 5.11 Å². The number of aromatic hydroxyl groups is 1. The molecule has 3 aromatic rings. The number of phenols is 1. The molecule has 0 spiro atoms. The predicted molar refractivity (Wildman–Crippen MR) is 150 cm³/mol. The number of rotatable bonds is 6. The summed E-state index contributed by atoms with van der Waals surface area (Å²) >= 11 is 22.6. The van der Waals surface area contributed by atoms with Crippen molar-refractivity contribution in [1.29, 1.82) is 0 Å². The van der Waals surface area contributed by atoms with Gasteiger partial charge in [0.15, 0.2) is 10.2 Å². The molecular formula is C23H20Cl2N6OS2. The van der Waals surface area contributed by atoms with E-state index in [1.807, 2.05) is 31.2 Å². The van der Waals surface area contributed by atoms with Gasteiger partial charge >= 0.3 is 0 Å². The van der Waals surface area contributed by atoms with Crippen LogP contribution in [-0.4, -0.2) is 27.8 Å². The maximum absolute atomic E-state index is 10.6. The number of nitrogens with zero attached hydrogens (tertiary/aromatic N) is 2. The molecule has 0 aliphatic heterocycles. The number of hydrazone groups is 2. The van der Waals surface area contributed by atoms with E-state index in [0.29, 0.717) is 32.5 Å². The smallest absolute Gasteiger partial charge is 0.191 e. The van der Waals surface area contributed by atoms with Crippen LogP contribution in [0.2, 0.25) is 10.0 Å². The number of nitrogens with one attached hydrogen (secondary N) is 4. The van der Waals surface area contributed by atoms with Gasteiger partial charge in [-0.1, -0.05) is 47.5 Å². The van der Waals surface area contributed by atoms with Gasteiger partial charge in [0.05, 0.1) is 33.8 Å². The van der Waals surface area contributed by atoms with Gasteiger partial charge in [-0.3, -0.25) is 10.9 Å². The summed E-state index contributed by atoms with van der Waals surface area (Å²) in [6.45, 7) is 1.89. The van der Waals surface area contributed by atoms with E-state index >= 15 is 0 Å². The van der Waals surface area contributed by atoms with Crippen LogP contribution in [0.3, 0.4) is 0 Å². The van der Waals surface area contributed by atoms with Crippen molar-refractivity contribution >= 4 is 81.7 Å². The summed E-state index contributed by atoms with van der Waals surface area (Å²) in [4.78, 5) is 0. The third-order valence-electron chi connectivity index (χ3n) is 4.30. The minimum atomic E-state index is -0.00309. The van der Waals surface area contributed by atoms with Crippen molar-refractivity contribution in [3.63, 3.8) is 0 Å². The second-order valence-corrected chi connectivity index (χ2v) is 8.53. The lowest BCUT2D eigenvalue weighted by atomic mass is 10.1. The Kier molecular flexibility index (Phi) is 9.17. The van der Waals surface area contributed by atoms with Gasteiger partial charge in [-0.05, 0) is 73.3 Å². The second-order valence-electron chi connectivity index (χ2n) is 6.90. The lowest BCUT2D eigenvalue weighted by Gasteiger charge is -2.09. The minimum absolute atomic E-state index is 0.00309. The van der Waals surface area contributed by atoms with Crippen molar-refractivity contribution in [2.45, 2.75) is 6.92 Å². The Morgan fingerprint density at radius 2 is 1.21 bits per heavy atom. The zero-order chi connectivity index (χ0) is 24.5. The lowest BCUT2D eigenvalue weighted by molar-refractivity contribution is 0.473. The maximum Gasteiger partial charge on any atom is 0.191 e. The van der Waals surface area contributed by atoms with E-state index in [-0.39, 0.29) is 16.0 Å². The Morgan fingerprint density at radius 1 is 0.794 bits per heavy atom. The molecule has 0 fully saturated rings. The van der Waals surface area contributed by atoms with Crippen molar-refractivity contribution in [1.82, 2.24) is 10.9 Å². The Balaban J connectivity index is 1.61. The van der Waals surface area contributed by atoms with Crippen molar-refractivity contribution in [2.75, 3.05) is 10.6 Å². The SMILES string of the molecule is Cc1cc(/C=N/NC(=S)Nc2ccccc2Cl)c(O)c(/C=N/NC(=S)Nc2ccccc2Cl)c1. The van der Waals surface area contributed by atoms with Crippen LogP contribution >= 0.6 is 47.6 Å². The molecule has 0 aromatic heterocycles. The number of phenolic OH excluding ortho intramolecular Hbond substituents is 1. The molecule has 0 unspecified atom stereocenters. The summed E-state index contributed by atoms with van der Waals surface area (Å²) in [5, 5.41) is 26.3. The van der Waals surface area contributed by atoms with Crippen molar-refractivity contribution in [3.8, 4) is 5.75 Å². The fourth-order valence-corrected chi connectivity index (χ4v) is 3.47. The van der Waals surface area contributed by atoms with Crippen LogP contribution < -0.4 is 21.5 Å². The molecule has 34 heavy (non-hydrogen) atoms. The lowest BCUT2D eigenvalue weighted by Crippen LogP contribution is -2.24. The summed E-state index contributed by atoms with van der Waals surface area (Å²) in [5.41, 5.74) is 8.56. The van der Waals surface area contributed by atoms with Gasteiger partial charge < -0.3 is 15.7 Å². The van der Waals surface area contributed by atoms with E-state index in [1.165, 1.54) is 12.4 Å². The third-order valence-corrected chi connectivity index (χ3v) is 5.34. The maximum atomic E-state index is 10.6. The van der Waals surface area contributed by atoms with Gasteiger partial charge in [-0.15, -0.1) is 0 Å². The average Bonchev–Trinajstić information content (AvgIpc) is 2.79. The number of thiocarbonyl (C=S) groups is 2. The Bertz CT molecular complexity index is 1170. The highest BCUT2D eigenvalue weighted by molar-refractivity contribution is 7.80. The molecule has 0 bridgehead atoms. The monoisotopic (exact) mass is 530 g/mol. The van der Waals surface area contributed by atoms with Crippen LogP contribution in [0, 0.1) is 6.92 Å². The fourth-order valence-electron chi connectivity index (χ4n) is 2.78. The third kappa shape index (κ3) is 7.39. The highest BCUT2D eigenvalue weighted by Gasteiger charge is 2.07. The van der Waals surface area contributed by atoms with Crippen LogP contribution in [0.15, 0.2) is 70.9 Å². The van der Waals surface area contributed by atoms with E-state index in [4.69, 9.17) is 47.6 Å². The largest absolute Gasteiger partial charge is 0.507 e. The number of hydrogen-bond donors (Lipinski definition) is 5. The van der Waals surface area contributed by atoms with E-state index in [0.717, 1.165) is 5.56 Å². The van der Waals surface area contributed by atoms with E-state index in [2.05, 4.69) is 31.7 Å². The van der Waals surface area contributed by atoms with Gasteiger partial charge in [-0.2, -0.15) is 10.2 Å². The topological polar surface area (TPSA) is 93.1 Å². The molecule has 7 nitrogen and oxygen atoms in total. The molecule has 0 heterocycles. The number of para-hydroxylation sites is 2. The number of benzene rings is 3. The molecule has 0 radical (unpaired) electrons. The summed E-state index contributed by atoms with van der Waals surface area (Å²) in [7, 11) is 0. The molecule has 3 rings (SSSR count). The van der Waals surface area contributed by atoms with Crippen LogP contribution in [0.1, 0.15) is 16.7 Å². The molecule has 0 amide bonds. The first kappa shape index (κ1) is 25.4. The average molecular weight is 531 g/mol. The zero-order valence-corrected chi connectivity index (χ0v) is 21.0. The standard InChI is InChI=1S/C23H20Cl2N6OS2/c1-14-10-15(12-26-30-22(33)28-19-8-4-2-6-17(19)24)21(32)16(11-14)13-27-31-23(34)29-20-9-5-3-7-18(20)25/h2-13,32H,1H3,(H2,28,30,33)(H2,29,31,34)/b26-12+,27-13+. The van der Waals surface area contributed by atoms with E-state index in [9.17, 15) is 5.11 Å². The Hall–Kier alpha value is -3.24. The molecular weight excluding hydrogens is 511 g/mol. The first-order chi connectivity index (χ1) is 16.3. The Morgan fingerprint density at radius 3 is 1.62 bits per heavy atom. The van der Waals surface area contributed by atoms with Crippen LogP contribution in [-0.2, 0) is 0 Å². The summed E-state index contributed by atoms with van der Waals surface area (Å²) in [6.07, 6.45) is 2.91. The highest BCUT2D eigenvalue weighted by Crippen LogP contribution is 2.23. The summed E-state index contributed by atoms with van der Waals surface area (Å²) < 4.78 is 0. The van der Waals surface area contributed by atoms with Gasteiger partial charge in [0.1, 0.15) is 5.75 Å². The molecule has 5 N–H and O–H groups in total. The first-order valence-corrected chi connectivity index (χ1v) is 11.4. The summed E-state index contributed by atoms with van der Waals surface area (Å²) in [5.74, 6) is -0.00309. The summed E-state index contributed by atoms with van der Waals surface area (Å²) in [6, 6.07) is 18.0. The number of aryl methyl sites for hydroxylation is 1. The second kappa shape index (κ2) is 12.3. The molecule has 0 saturated heterocycles. The highest BCUT2D eigenvalue weighted by atomic mass is 35.5. The normalized spacial score (nSPS) is 10.9. The molecule has 0 saturated carbocycles. The molecule has 11 heteroatoms. The van der Waals surface area contributed by atoms with Crippen LogP contribution in [0.25, 0.3) is 0 Å². The van der Waals surface area contributed by atoms with E-state index in [1.54, 1.807) is 36.4 Å². The number of anilines is 2. The van der Waals surface area contributed by atoms with Gasteiger partial charge in [0, 0.05) is 11.1 Å². The molecule has 0 aliphatic carbocycles. The molecule has 0 atom stereocenters. The predicted octanol–water partition coefficient (Wildman–Crippen LogP) is 5.65. The van der Waals surface area contributed by atoms with Crippen LogP contribution in [0.4, 0.5) is 11.4 Å². The Labute approximate surface area is 217 Å². The van der Waals surface area contributed by atoms with Gasteiger partial charge in [0.25, 0.3) is 0 Å². The van der Waals surface area contributed by atoms with Gasteiger partial charge in [0.2, 0.25) is 0 Å².